The van der Waals surface area contributed by atoms with Crippen LogP contribution in [0.15, 0.2) is 24.3 Å². The first-order valence-corrected chi connectivity index (χ1v) is 11.7. The fourth-order valence-electron chi connectivity index (χ4n) is 5.08. The van der Waals surface area contributed by atoms with Crippen molar-refractivity contribution in [2.24, 2.45) is 0 Å². The lowest BCUT2D eigenvalue weighted by atomic mass is 9.95. The van der Waals surface area contributed by atoms with Crippen molar-refractivity contribution in [2.45, 2.75) is 50.6 Å². The van der Waals surface area contributed by atoms with Crippen LogP contribution >= 0.6 is 11.6 Å². The van der Waals surface area contributed by atoms with E-state index in [9.17, 15) is 4.79 Å². The van der Waals surface area contributed by atoms with Gasteiger partial charge in [0.2, 0.25) is 5.91 Å². The van der Waals surface area contributed by atoms with Gasteiger partial charge in [-0.1, -0.05) is 23.7 Å². The van der Waals surface area contributed by atoms with E-state index in [1.54, 1.807) is 0 Å². The highest BCUT2D eigenvalue weighted by molar-refractivity contribution is 6.30. The average molecular weight is 420 g/mol. The Kier molecular flexibility index (Phi) is 7.46. The first kappa shape index (κ1) is 21.1. The van der Waals surface area contributed by atoms with Gasteiger partial charge in [-0.2, -0.15) is 0 Å². The van der Waals surface area contributed by atoms with Gasteiger partial charge >= 0.3 is 0 Å². The first-order chi connectivity index (χ1) is 14.2. The van der Waals surface area contributed by atoms with Gasteiger partial charge in [0, 0.05) is 37.2 Å². The number of halogens is 1. The average Bonchev–Trinajstić information content (AvgIpc) is 3.28. The molecule has 29 heavy (non-hydrogen) atoms. The van der Waals surface area contributed by atoms with Gasteiger partial charge in [-0.15, -0.1) is 0 Å². The van der Waals surface area contributed by atoms with E-state index in [0.717, 1.165) is 51.0 Å². The topological polar surface area (TPSA) is 36.0 Å². The van der Waals surface area contributed by atoms with Crippen LogP contribution in [0.5, 0.6) is 0 Å². The van der Waals surface area contributed by atoms with Crippen LogP contribution in [0.25, 0.3) is 0 Å². The smallest absolute Gasteiger partial charge is 0.244 e. The highest BCUT2D eigenvalue weighted by Gasteiger charge is 2.36. The van der Waals surface area contributed by atoms with E-state index >= 15 is 0 Å². The quantitative estimate of drug-likeness (QED) is 0.706. The van der Waals surface area contributed by atoms with Crippen LogP contribution in [0.4, 0.5) is 0 Å². The Balaban J connectivity index is 1.51. The van der Waals surface area contributed by atoms with Crippen molar-refractivity contribution >= 4 is 17.5 Å². The number of piperidine rings is 1. The Morgan fingerprint density at radius 1 is 1.00 bits per heavy atom. The summed E-state index contributed by atoms with van der Waals surface area (Å²) in [6.07, 6.45) is 7.23. The molecule has 0 aliphatic carbocycles. The molecule has 0 radical (unpaired) electrons. The first-order valence-electron chi connectivity index (χ1n) is 11.3. The molecule has 3 fully saturated rings. The van der Waals surface area contributed by atoms with Crippen molar-refractivity contribution in [1.82, 2.24) is 14.7 Å². The van der Waals surface area contributed by atoms with Gasteiger partial charge in [-0.05, 0) is 69.3 Å². The Labute approximate surface area is 179 Å². The lowest BCUT2D eigenvalue weighted by Gasteiger charge is -2.42. The molecule has 0 N–H and O–H groups in total. The van der Waals surface area contributed by atoms with Crippen LogP contribution < -0.4 is 0 Å². The van der Waals surface area contributed by atoms with Gasteiger partial charge in [-0.25, -0.2) is 0 Å². The summed E-state index contributed by atoms with van der Waals surface area (Å²) in [6.45, 7) is 7.43. The summed E-state index contributed by atoms with van der Waals surface area (Å²) in [4.78, 5) is 20.9. The summed E-state index contributed by atoms with van der Waals surface area (Å²) >= 11 is 6.12. The highest BCUT2D eigenvalue weighted by Crippen LogP contribution is 2.30. The van der Waals surface area contributed by atoms with Gasteiger partial charge in [0.15, 0.2) is 0 Å². The van der Waals surface area contributed by atoms with Crippen LogP contribution in [-0.2, 0) is 9.53 Å². The zero-order chi connectivity index (χ0) is 20.1. The molecule has 2 unspecified atom stereocenters. The largest absolute Gasteiger partial charge is 0.379 e. The molecule has 1 amide bonds. The molecular weight excluding hydrogens is 386 g/mol. The molecule has 160 valence electrons. The summed E-state index contributed by atoms with van der Waals surface area (Å²) in [5.41, 5.74) is 1.05. The monoisotopic (exact) mass is 419 g/mol. The number of benzene rings is 1. The molecule has 5 nitrogen and oxygen atoms in total. The second kappa shape index (κ2) is 10.3. The van der Waals surface area contributed by atoms with E-state index in [0.29, 0.717) is 24.3 Å². The van der Waals surface area contributed by atoms with E-state index in [2.05, 4.69) is 14.7 Å². The fraction of sp³-hybridized carbons (Fsp3) is 0.696. The minimum absolute atomic E-state index is 0.233. The summed E-state index contributed by atoms with van der Waals surface area (Å²) in [6, 6.07) is 7.97. The maximum Gasteiger partial charge on any atom is 0.244 e. The zero-order valence-electron chi connectivity index (χ0n) is 17.4. The predicted molar refractivity (Wildman–Crippen MR) is 116 cm³/mol. The number of ether oxygens (including phenoxy) is 1. The van der Waals surface area contributed by atoms with E-state index in [1.165, 1.54) is 32.4 Å². The number of morpholine rings is 1. The fourth-order valence-corrected chi connectivity index (χ4v) is 5.20. The molecule has 0 bridgehead atoms. The van der Waals surface area contributed by atoms with Crippen molar-refractivity contribution in [3.63, 3.8) is 0 Å². The molecular formula is C23H34ClN3O2. The van der Waals surface area contributed by atoms with Crippen LogP contribution in [0, 0.1) is 0 Å². The Hall–Kier alpha value is -1.14. The zero-order valence-corrected chi connectivity index (χ0v) is 18.2. The number of carbonyl (C=O) groups excluding carboxylic acids is 1. The number of hydrogen-bond donors (Lipinski definition) is 0. The normalized spacial score (nSPS) is 25.3. The van der Waals surface area contributed by atoms with Crippen molar-refractivity contribution in [2.75, 3.05) is 52.5 Å². The molecule has 0 saturated carbocycles. The second-order valence-corrected chi connectivity index (χ2v) is 9.06. The van der Waals surface area contributed by atoms with E-state index < -0.39 is 0 Å². The summed E-state index contributed by atoms with van der Waals surface area (Å²) in [7, 11) is 0. The molecule has 3 saturated heterocycles. The SMILES string of the molecule is O=C(C(c1ccc(Cl)cc1)N1CCOCC1)N1CCCCC1CCN1CCCC1. The molecule has 2 atom stereocenters. The third-order valence-electron chi connectivity index (χ3n) is 6.72. The van der Waals surface area contributed by atoms with E-state index in [1.807, 2.05) is 24.3 Å². The number of rotatable bonds is 6. The number of nitrogens with zero attached hydrogens (tertiary/aromatic N) is 3. The second-order valence-electron chi connectivity index (χ2n) is 8.62. The summed E-state index contributed by atoms with van der Waals surface area (Å²) in [5.74, 6) is 0.264. The molecule has 1 aromatic rings. The molecule has 6 heteroatoms. The van der Waals surface area contributed by atoms with Gasteiger partial charge < -0.3 is 14.5 Å². The van der Waals surface area contributed by atoms with Crippen LogP contribution in [-0.4, -0.2) is 79.1 Å². The molecule has 0 aromatic heterocycles. The number of likely N-dealkylation sites (tertiary alicyclic amines) is 2. The van der Waals surface area contributed by atoms with E-state index in [-0.39, 0.29) is 11.9 Å². The minimum Gasteiger partial charge on any atom is -0.379 e. The van der Waals surface area contributed by atoms with Crippen molar-refractivity contribution < 1.29 is 9.53 Å². The molecule has 3 aliphatic rings. The van der Waals surface area contributed by atoms with Crippen molar-refractivity contribution in [3.8, 4) is 0 Å². The Morgan fingerprint density at radius 3 is 2.41 bits per heavy atom. The summed E-state index contributed by atoms with van der Waals surface area (Å²) < 4.78 is 5.55. The number of amides is 1. The minimum atomic E-state index is -0.233. The molecule has 0 spiro atoms. The van der Waals surface area contributed by atoms with Crippen LogP contribution in [0.1, 0.15) is 50.1 Å². The van der Waals surface area contributed by atoms with E-state index in [4.69, 9.17) is 16.3 Å². The van der Waals surface area contributed by atoms with Crippen LogP contribution in [0.2, 0.25) is 5.02 Å². The van der Waals surface area contributed by atoms with Crippen molar-refractivity contribution in [1.29, 1.82) is 0 Å². The lowest BCUT2D eigenvalue weighted by molar-refractivity contribution is -0.143. The third kappa shape index (κ3) is 5.32. The summed E-state index contributed by atoms with van der Waals surface area (Å²) in [5, 5.41) is 0.711. The Morgan fingerprint density at radius 2 is 1.69 bits per heavy atom. The van der Waals surface area contributed by atoms with Gasteiger partial charge in [-0.3, -0.25) is 9.69 Å². The number of hydrogen-bond acceptors (Lipinski definition) is 4. The maximum absolute atomic E-state index is 13.9. The van der Waals surface area contributed by atoms with Crippen LogP contribution in [0.3, 0.4) is 0 Å². The molecule has 1 aromatic carbocycles. The predicted octanol–water partition coefficient (Wildman–Crippen LogP) is 3.58. The molecule has 4 rings (SSSR count). The molecule has 3 aliphatic heterocycles. The standard InChI is InChI=1S/C23H34ClN3O2/c24-20-8-6-19(7-9-20)22(26-15-17-29-18-16-26)23(28)27-13-2-1-5-21(27)10-14-25-11-3-4-12-25/h6-9,21-22H,1-5,10-18H2. The van der Waals surface area contributed by atoms with Gasteiger partial charge in [0.25, 0.3) is 0 Å². The maximum atomic E-state index is 13.9. The highest BCUT2D eigenvalue weighted by atomic mass is 35.5. The third-order valence-corrected chi connectivity index (χ3v) is 6.97. The van der Waals surface area contributed by atoms with Gasteiger partial charge in [0.05, 0.1) is 13.2 Å². The van der Waals surface area contributed by atoms with Gasteiger partial charge in [0.1, 0.15) is 6.04 Å². The van der Waals surface area contributed by atoms with Crippen molar-refractivity contribution in [3.05, 3.63) is 34.9 Å². The number of carbonyl (C=O) groups is 1. The lowest BCUT2D eigenvalue weighted by Crippen LogP contribution is -2.52. The Bertz CT molecular complexity index is 657. The molecule has 3 heterocycles.